The fourth-order valence-electron chi connectivity index (χ4n) is 1.90. The van der Waals surface area contributed by atoms with Gasteiger partial charge in [0.25, 0.3) is 5.69 Å². The lowest BCUT2D eigenvalue weighted by atomic mass is 9.97. The van der Waals surface area contributed by atoms with E-state index in [-0.39, 0.29) is 10.6 Å². The molecule has 0 aliphatic heterocycles. The zero-order valence-corrected chi connectivity index (χ0v) is 11.8. The van der Waals surface area contributed by atoms with E-state index in [4.69, 9.17) is 0 Å². The van der Waals surface area contributed by atoms with E-state index >= 15 is 0 Å². The Hall–Kier alpha value is -1.46. The van der Waals surface area contributed by atoms with Crippen LogP contribution in [0.3, 0.4) is 0 Å². The number of benzene rings is 1. The molecule has 1 aromatic rings. The highest BCUT2D eigenvalue weighted by Gasteiger charge is 2.21. The number of nitro groups is 1. The Morgan fingerprint density at radius 1 is 1.37 bits per heavy atom. The van der Waals surface area contributed by atoms with Crippen LogP contribution in [0.5, 0.6) is 0 Å². The average molecular weight is 266 g/mol. The molecular weight excluding hydrogens is 244 g/mol. The quantitative estimate of drug-likeness (QED) is 0.587. The molecule has 0 fully saturated rings. The summed E-state index contributed by atoms with van der Waals surface area (Å²) in [5.41, 5.74) is 0.955. The number of hydrogen-bond donors (Lipinski definition) is 2. The third-order valence-electron chi connectivity index (χ3n) is 3.57. The van der Waals surface area contributed by atoms with Crippen molar-refractivity contribution in [2.45, 2.75) is 45.8 Å². The summed E-state index contributed by atoms with van der Waals surface area (Å²) in [5.74, 6) is 0. The van der Waals surface area contributed by atoms with Gasteiger partial charge in [0.05, 0.1) is 10.5 Å². The molecule has 5 nitrogen and oxygen atoms in total. The van der Waals surface area contributed by atoms with Crippen molar-refractivity contribution >= 4 is 5.69 Å². The van der Waals surface area contributed by atoms with E-state index in [9.17, 15) is 15.2 Å². The predicted molar refractivity (Wildman–Crippen MR) is 75.1 cm³/mol. The van der Waals surface area contributed by atoms with Crippen LogP contribution in [0.2, 0.25) is 0 Å². The lowest BCUT2D eigenvalue weighted by Crippen LogP contribution is -2.39. The number of nitrogens with zero attached hydrogens (tertiary/aromatic N) is 1. The molecule has 1 rings (SSSR count). The van der Waals surface area contributed by atoms with Crippen LogP contribution in [0.1, 0.15) is 37.8 Å². The molecule has 2 N–H and O–H groups in total. The van der Waals surface area contributed by atoms with Gasteiger partial charge in [0.2, 0.25) is 0 Å². The second kappa shape index (κ2) is 6.63. The Morgan fingerprint density at radius 2 is 2.00 bits per heavy atom. The van der Waals surface area contributed by atoms with E-state index in [1.54, 1.807) is 19.1 Å². The van der Waals surface area contributed by atoms with Gasteiger partial charge in [0.15, 0.2) is 0 Å². The average Bonchev–Trinajstić information content (AvgIpc) is 2.40. The van der Waals surface area contributed by atoms with Crippen molar-refractivity contribution in [2.75, 3.05) is 6.54 Å². The lowest BCUT2D eigenvalue weighted by molar-refractivity contribution is -0.385. The molecule has 106 valence electrons. The van der Waals surface area contributed by atoms with Gasteiger partial charge in [0.1, 0.15) is 0 Å². The first kappa shape index (κ1) is 15.6. The first-order valence-corrected chi connectivity index (χ1v) is 6.59. The molecule has 0 bridgehead atoms. The third kappa shape index (κ3) is 4.29. The van der Waals surface area contributed by atoms with E-state index in [2.05, 4.69) is 5.32 Å². The second-order valence-corrected chi connectivity index (χ2v) is 4.91. The Balaban J connectivity index is 2.64. The van der Waals surface area contributed by atoms with Gasteiger partial charge in [-0.3, -0.25) is 10.1 Å². The normalized spacial score (nSPS) is 11.6. The minimum Gasteiger partial charge on any atom is -0.389 e. The summed E-state index contributed by atoms with van der Waals surface area (Å²) >= 11 is 0. The molecule has 0 radical (unpaired) electrons. The van der Waals surface area contributed by atoms with Gasteiger partial charge in [-0.2, -0.15) is 0 Å². The Kier molecular flexibility index (Phi) is 5.44. The van der Waals surface area contributed by atoms with Crippen molar-refractivity contribution in [1.82, 2.24) is 5.32 Å². The molecule has 0 aromatic heterocycles. The summed E-state index contributed by atoms with van der Waals surface area (Å²) in [6, 6.07) is 5.20. The van der Waals surface area contributed by atoms with Crippen molar-refractivity contribution in [1.29, 1.82) is 0 Å². The maximum atomic E-state index is 10.8. The Bertz CT molecular complexity index is 442. The van der Waals surface area contributed by atoms with Crippen LogP contribution in [0, 0.1) is 17.0 Å². The molecule has 19 heavy (non-hydrogen) atoms. The van der Waals surface area contributed by atoms with Gasteiger partial charge in [-0.1, -0.05) is 26.0 Å². The fourth-order valence-corrected chi connectivity index (χ4v) is 1.90. The van der Waals surface area contributed by atoms with Gasteiger partial charge in [-0.05, 0) is 25.3 Å². The predicted octanol–water partition coefficient (Wildman–Crippen LogP) is 2.54. The molecule has 0 atom stereocenters. The molecule has 0 aliphatic rings. The molecule has 1 aromatic carbocycles. The van der Waals surface area contributed by atoms with Gasteiger partial charge >= 0.3 is 0 Å². The highest BCUT2D eigenvalue weighted by molar-refractivity contribution is 5.42. The molecule has 0 saturated heterocycles. The molecule has 0 unspecified atom stereocenters. The largest absolute Gasteiger partial charge is 0.389 e. The smallest absolute Gasteiger partial charge is 0.272 e. The number of aliphatic hydroxyl groups is 1. The molecular formula is C14H22N2O3. The lowest BCUT2D eigenvalue weighted by Gasteiger charge is -2.25. The van der Waals surface area contributed by atoms with Crippen LogP contribution in [0.4, 0.5) is 5.69 Å². The van der Waals surface area contributed by atoms with Crippen molar-refractivity contribution in [3.8, 4) is 0 Å². The van der Waals surface area contributed by atoms with Crippen LogP contribution in [-0.4, -0.2) is 22.2 Å². The molecule has 0 heterocycles. The number of hydrogen-bond acceptors (Lipinski definition) is 4. The maximum absolute atomic E-state index is 10.8. The van der Waals surface area contributed by atoms with Crippen LogP contribution >= 0.6 is 0 Å². The summed E-state index contributed by atoms with van der Waals surface area (Å²) in [4.78, 5) is 10.5. The summed E-state index contributed by atoms with van der Waals surface area (Å²) in [7, 11) is 0. The van der Waals surface area contributed by atoms with Crippen LogP contribution < -0.4 is 5.32 Å². The van der Waals surface area contributed by atoms with Gasteiger partial charge in [-0.15, -0.1) is 0 Å². The zero-order chi connectivity index (χ0) is 14.5. The minimum absolute atomic E-state index is 0.139. The third-order valence-corrected chi connectivity index (χ3v) is 3.57. The molecule has 5 heteroatoms. The highest BCUT2D eigenvalue weighted by atomic mass is 16.6. The van der Waals surface area contributed by atoms with Crippen molar-refractivity contribution < 1.29 is 10.0 Å². The number of nitro benzene ring substituents is 1. The van der Waals surface area contributed by atoms with E-state index in [0.29, 0.717) is 31.5 Å². The first-order valence-electron chi connectivity index (χ1n) is 6.59. The zero-order valence-electron chi connectivity index (χ0n) is 11.8. The van der Waals surface area contributed by atoms with Gasteiger partial charge in [0, 0.05) is 24.7 Å². The van der Waals surface area contributed by atoms with Crippen LogP contribution in [0.25, 0.3) is 0 Å². The fraction of sp³-hybridized carbons (Fsp3) is 0.571. The molecule has 0 aliphatic carbocycles. The van der Waals surface area contributed by atoms with Gasteiger partial charge < -0.3 is 10.4 Å². The van der Waals surface area contributed by atoms with Crippen molar-refractivity contribution in [3.05, 3.63) is 39.4 Å². The SMILES string of the molecule is CCC(O)(CC)CNCc1ccc(C)c([N+](=O)[O-])c1. The summed E-state index contributed by atoms with van der Waals surface area (Å²) in [6.45, 7) is 6.62. The minimum atomic E-state index is -0.698. The topological polar surface area (TPSA) is 75.4 Å². The van der Waals surface area contributed by atoms with Crippen molar-refractivity contribution in [3.63, 3.8) is 0 Å². The Morgan fingerprint density at radius 3 is 2.53 bits per heavy atom. The van der Waals surface area contributed by atoms with Gasteiger partial charge in [-0.25, -0.2) is 0 Å². The summed E-state index contributed by atoms with van der Waals surface area (Å²) < 4.78 is 0. The standard InChI is InChI=1S/C14H22N2O3/c1-4-14(17,5-2)10-15-9-12-7-6-11(3)13(8-12)16(18)19/h6-8,15,17H,4-5,9-10H2,1-3H3. The number of rotatable bonds is 7. The van der Waals surface area contributed by atoms with E-state index < -0.39 is 5.60 Å². The maximum Gasteiger partial charge on any atom is 0.272 e. The van der Waals surface area contributed by atoms with Crippen LogP contribution in [-0.2, 0) is 6.54 Å². The van der Waals surface area contributed by atoms with E-state index in [1.807, 2.05) is 19.9 Å². The number of aryl methyl sites for hydroxylation is 1. The Labute approximate surface area is 113 Å². The molecule has 0 saturated carbocycles. The van der Waals surface area contributed by atoms with E-state index in [0.717, 1.165) is 5.56 Å². The summed E-state index contributed by atoms with van der Waals surface area (Å²) in [5, 5.41) is 24.1. The highest BCUT2D eigenvalue weighted by Crippen LogP contribution is 2.19. The number of nitrogens with one attached hydrogen (secondary N) is 1. The first-order chi connectivity index (χ1) is 8.91. The second-order valence-electron chi connectivity index (χ2n) is 4.91. The molecule has 0 spiro atoms. The van der Waals surface area contributed by atoms with Crippen molar-refractivity contribution in [2.24, 2.45) is 0 Å². The van der Waals surface area contributed by atoms with E-state index in [1.165, 1.54) is 0 Å². The summed E-state index contributed by atoms with van der Waals surface area (Å²) in [6.07, 6.45) is 1.37. The molecule has 0 amide bonds. The monoisotopic (exact) mass is 266 g/mol. The van der Waals surface area contributed by atoms with Crippen LogP contribution in [0.15, 0.2) is 18.2 Å².